The molecule has 0 saturated carbocycles. The topological polar surface area (TPSA) is 75.6 Å². The maximum atomic E-state index is 11.7. The molecule has 5 heteroatoms. The minimum Gasteiger partial charge on any atom is -0.480 e. The molecule has 0 aromatic heterocycles. The molecule has 0 spiro atoms. The van der Waals surface area contributed by atoms with E-state index in [0.717, 1.165) is 12.8 Å². The molecule has 102 valence electrons. The number of aliphatic carboxylic acids is 1. The summed E-state index contributed by atoms with van der Waals surface area (Å²) in [5, 5.41) is 11.6. The molecule has 5 nitrogen and oxygen atoms in total. The Labute approximate surface area is 107 Å². The zero-order valence-electron chi connectivity index (χ0n) is 10.6. The first kappa shape index (κ1) is 14.7. The van der Waals surface area contributed by atoms with Gasteiger partial charge in [0.2, 0.25) is 5.91 Å². The Morgan fingerprint density at radius 3 is 2.67 bits per heavy atom. The second-order valence-corrected chi connectivity index (χ2v) is 4.58. The van der Waals surface area contributed by atoms with Crippen LogP contribution in [0.3, 0.4) is 0 Å². The number of hydrogen-bond donors (Lipinski definition) is 2. The lowest BCUT2D eigenvalue weighted by molar-refractivity contribution is -0.142. The molecule has 1 rings (SSSR count). The summed E-state index contributed by atoms with van der Waals surface area (Å²) in [6.07, 6.45) is 4.75. The number of nitrogens with one attached hydrogen (secondary N) is 1. The monoisotopic (exact) mass is 255 g/mol. The molecule has 0 aromatic carbocycles. The van der Waals surface area contributed by atoms with Gasteiger partial charge in [-0.25, -0.2) is 4.79 Å². The van der Waals surface area contributed by atoms with E-state index < -0.39 is 12.0 Å². The van der Waals surface area contributed by atoms with Crippen molar-refractivity contribution in [1.82, 2.24) is 5.32 Å². The molecule has 1 saturated heterocycles. The third-order valence-electron chi connectivity index (χ3n) is 3.11. The average Bonchev–Trinajstić information content (AvgIpc) is 2.35. The van der Waals surface area contributed by atoms with E-state index >= 15 is 0 Å². The lowest BCUT2D eigenvalue weighted by Crippen LogP contribution is -2.41. The molecular formula is C13H21NO4. The van der Waals surface area contributed by atoms with E-state index in [9.17, 15) is 9.59 Å². The van der Waals surface area contributed by atoms with Gasteiger partial charge in [-0.1, -0.05) is 6.08 Å². The van der Waals surface area contributed by atoms with Crippen molar-refractivity contribution < 1.29 is 19.4 Å². The summed E-state index contributed by atoms with van der Waals surface area (Å²) in [6.45, 7) is 4.93. The fourth-order valence-corrected chi connectivity index (χ4v) is 2.01. The van der Waals surface area contributed by atoms with Crippen molar-refractivity contribution in [3.63, 3.8) is 0 Å². The maximum Gasteiger partial charge on any atom is 0.326 e. The zero-order valence-corrected chi connectivity index (χ0v) is 10.6. The molecule has 2 N–H and O–H groups in total. The summed E-state index contributed by atoms with van der Waals surface area (Å²) in [6, 6.07) is -0.810. The molecule has 1 aliphatic heterocycles. The van der Waals surface area contributed by atoms with Crippen molar-refractivity contribution in [3.05, 3.63) is 12.7 Å². The van der Waals surface area contributed by atoms with Crippen LogP contribution in [0.15, 0.2) is 12.7 Å². The highest BCUT2D eigenvalue weighted by atomic mass is 16.5. The molecule has 1 aliphatic rings. The summed E-state index contributed by atoms with van der Waals surface area (Å²) in [5.74, 6) is -0.858. The van der Waals surface area contributed by atoms with Gasteiger partial charge >= 0.3 is 5.97 Å². The second-order valence-electron chi connectivity index (χ2n) is 4.58. The fraction of sp³-hybridized carbons (Fsp3) is 0.692. The van der Waals surface area contributed by atoms with Gasteiger partial charge in [-0.2, -0.15) is 0 Å². The Hall–Kier alpha value is -1.36. The first-order chi connectivity index (χ1) is 8.63. The van der Waals surface area contributed by atoms with E-state index in [-0.39, 0.29) is 5.91 Å². The number of hydrogen-bond acceptors (Lipinski definition) is 3. The van der Waals surface area contributed by atoms with Crippen LogP contribution in [-0.4, -0.2) is 36.2 Å². The molecule has 0 radical (unpaired) electrons. The number of carboxylic acid groups (broad SMARTS) is 1. The standard InChI is InChI=1S/C13H21NO4/c1-2-3-4-11(13(16)17)14-12(15)9-10-5-7-18-8-6-10/h2,10-11H,1,3-9H2,(H,14,15)(H,16,17). The molecule has 18 heavy (non-hydrogen) atoms. The van der Waals surface area contributed by atoms with Crippen LogP contribution < -0.4 is 5.32 Å². The Kier molecular flexibility index (Phi) is 6.43. The molecule has 1 fully saturated rings. The number of rotatable bonds is 7. The van der Waals surface area contributed by atoms with Crippen molar-refractivity contribution in [1.29, 1.82) is 0 Å². The van der Waals surface area contributed by atoms with Crippen molar-refractivity contribution in [3.8, 4) is 0 Å². The van der Waals surface area contributed by atoms with Crippen molar-refractivity contribution in [2.24, 2.45) is 5.92 Å². The number of carboxylic acids is 1. The van der Waals surface area contributed by atoms with E-state index in [1.54, 1.807) is 6.08 Å². The van der Waals surface area contributed by atoms with Gasteiger partial charge in [0.05, 0.1) is 0 Å². The molecule has 1 atom stereocenters. The van der Waals surface area contributed by atoms with E-state index in [1.807, 2.05) is 0 Å². The first-order valence-electron chi connectivity index (χ1n) is 6.34. The Bertz CT molecular complexity index is 297. The highest BCUT2D eigenvalue weighted by Crippen LogP contribution is 2.18. The number of amides is 1. The lowest BCUT2D eigenvalue weighted by atomic mass is 9.96. The molecule has 0 aromatic rings. The third-order valence-corrected chi connectivity index (χ3v) is 3.11. The van der Waals surface area contributed by atoms with Gasteiger partial charge in [0, 0.05) is 19.6 Å². The molecule has 1 unspecified atom stereocenters. The van der Waals surface area contributed by atoms with E-state index in [2.05, 4.69) is 11.9 Å². The fourth-order valence-electron chi connectivity index (χ4n) is 2.01. The quantitative estimate of drug-likeness (QED) is 0.673. The number of carbonyl (C=O) groups is 2. The van der Waals surface area contributed by atoms with Crippen LogP contribution in [0, 0.1) is 5.92 Å². The SMILES string of the molecule is C=CCCC(NC(=O)CC1CCOCC1)C(=O)O. The Balaban J connectivity index is 2.35. The molecule has 0 aliphatic carbocycles. The molecule has 0 bridgehead atoms. The lowest BCUT2D eigenvalue weighted by Gasteiger charge is -2.22. The largest absolute Gasteiger partial charge is 0.480 e. The molecule has 1 heterocycles. The highest BCUT2D eigenvalue weighted by Gasteiger charge is 2.22. The summed E-state index contributed by atoms with van der Waals surface area (Å²) in [5.41, 5.74) is 0. The number of carbonyl (C=O) groups excluding carboxylic acids is 1. The summed E-state index contributed by atoms with van der Waals surface area (Å²) >= 11 is 0. The van der Waals surface area contributed by atoms with Crippen molar-refractivity contribution in [2.45, 2.75) is 38.1 Å². The molecular weight excluding hydrogens is 234 g/mol. The maximum absolute atomic E-state index is 11.7. The minimum absolute atomic E-state index is 0.182. The van der Waals surface area contributed by atoms with Gasteiger partial charge in [0.25, 0.3) is 0 Å². The van der Waals surface area contributed by atoms with Gasteiger partial charge < -0.3 is 15.2 Å². The van der Waals surface area contributed by atoms with Gasteiger partial charge in [0.15, 0.2) is 0 Å². The van der Waals surface area contributed by atoms with Gasteiger partial charge in [0.1, 0.15) is 6.04 Å². The predicted octanol–water partition coefficient (Wildman–Crippen LogP) is 1.34. The van der Waals surface area contributed by atoms with Gasteiger partial charge in [-0.05, 0) is 31.6 Å². The van der Waals surface area contributed by atoms with Crippen LogP contribution in [0.4, 0.5) is 0 Å². The van der Waals surface area contributed by atoms with Crippen LogP contribution in [0.5, 0.6) is 0 Å². The third kappa shape index (κ3) is 5.31. The minimum atomic E-state index is -0.989. The average molecular weight is 255 g/mol. The van der Waals surface area contributed by atoms with E-state index in [0.29, 0.717) is 38.4 Å². The van der Waals surface area contributed by atoms with Crippen LogP contribution in [0.25, 0.3) is 0 Å². The van der Waals surface area contributed by atoms with Gasteiger partial charge in [-0.3, -0.25) is 4.79 Å². The first-order valence-corrected chi connectivity index (χ1v) is 6.34. The second kappa shape index (κ2) is 7.87. The van der Waals surface area contributed by atoms with Crippen LogP contribution in [0.2, 0.25) is 0 Å². The van der Waals surface area contributed by atoms with Crippen LogP contribution in [0.1, 0.15) is 32.1 Å². The van der Waals surface area contributed by atoms with Gasteiger partial charge in [-0.15, -0.1) is 6.58 Å². The normalized spacial score (nSPS) is 18.0. The number of allylic oxidation sites excluding steroid dienone is 1. The van der Waals surface area contributed by atoms with Crippen LogP contribution >= 0.6 is 0 Å². The van der Waals surface area contributed by atoms with Crippen molar-refractivity contribution in [2.75, 3.05) is 13.2 Å². The summed E-state index contributed by atoms with van der Waals surface area (Å²) in [4.78, 5) is 22.7. The highest BCUT2D eigenvalue weighted by molar-refractivity contribution is 5.83. The Morgan fingerprint density at radius 1 is 1.44 bits per heavy atom. The smallest absolute Gasteiger partial charge is 0.326 e. The summed E-state index contributed by atoms with van der Waals surface area (Å²) in [7, 11) is 0. The van der Waals surface area contributed by atoms with E-state index in [1.165, 1.54) is 0 Å². The van der Waals surface area contributed by atoms with Crippen molar-refractivity contribution >= 4 is 11.9 Å². The summed E-state index contributed by atoms with van der Waals surface area (Å²) < 4.78 is 5.22. The van der Waals surface area contributed by atoms with E-state index in [4.69, 9.17) is 9.84 Å². The zero-order chi connectivity index (χ0) is 13.4. The number of ether oxygens (including phenoxy) is 1. The molecule has 1 amide bonds. The predicted molar refractivity (Wildman–Crippen MR) is 67.2 cm³/mol. The van der Waals surface area contributed by atoms with Crippen LogP contribution in [-0.2, 0) is 14.3 Å². The Morgan fingerprint density at radius 2 is 2.11 bits per heavy atom.